The van der Waals surface area contributed by atoms with Crippen molar-refractivity contribution in [2.24, 2.45) is 11.7 Å². The molecule has 0 spiro atoms. The minimum absolute atomic E-state index is 0.298. The Morgan fingerprint density at radius 2 is 1.89 bits per heavy atom. The molecule has 19 heavy (non-hydrogen) atoms. The summed E-state index contributed by atoms with van der Waals surface area (Å²) in [6, 6.07) is 7.80. The molecule has 1 aromatic carbocycles. The largest absolute Gasteiger partial charge is 0.465 e. The molecule has 0 aromatic heterocycles. The van der Waals surface area contributed by atoms with Gasteiger partial charge in [0.05, 0.1) is 12.7 Å². The number of benzene rings is 1. The summed E-state index contributed by atoms with van der Waals surface area (Å²) in [7, 11) is 1.39. The second kappa shape index (κ2) is 6.57. The standard InChI is InChI=1S/C15H22N2O2/c1-19-15(18)12-4-8-14(9-5-12)17-10-11-2-6-13(16)7-3-11/h4-5,8-9,11,13,17H,2-3,6-7,10,16H2,1H3. The van der Waals surface area contributed by atoms with E-state index in [1.165, 1.54) is 20.0 Å². The third-order valence-corrected chi connectivity index (χ3v) is 3.79. The van der Waals surface area contributed by atoms with Gasteiger partial charge in [-0.25, -0.2) is 4.79 Å². The molecular formula is C15H22N2O2. The van der Waals surface area contributed by atoms with Gasteiger partial charge in [0.25, 0.3) is 0 Å². The molecule has 0 unspecified atom stereocenters. The molecule has 2 rings (SSSR count). The number of anilines is 1. The molecule has 4 nitrogen and oxygen atoms in total. The van der Waals surface area contributed by atoms with Crippen molar-refractivity contribution < 1.29 is 9.53 Å². The molecule has 1 fully saturated rings. The first-order chi connectivity index (χ1) is 9.19. The van der Waals surface area contributed by atoms with E-state index in [4.69, 9.17) is 5.73 Å². The van der Waals surface area contributed by atoms with Crippen LogP contribution in [0.2, 0.25) is 0 Å². The number of rotatable bonds is 4. The fourth-order valence-electron chi connectivity index (χ4n) is 2.50. The van der Waals surface area contributed by atoms with Crippen LogP contribution in [0.1, 0.15) is 36.0 Å². The molecule has 0 amide bonds. The van der Waals surface area contributed by atoms with E-state index in [1.54, 1.807) is 12.1 Å². The number of esters is 1. The van der Waals surface area contributed by atoms with E-state index in [1.807, 2.05) is 12.1 Å². The highest BCUT2D eigenvalue weighted by Crippen LogP contribution is 2.23. The van der Waals surface area contributed by atoms with Gasteiger partial charge in [0.2, 0.25) is 0 Å². The number of ether oxygens (including phenoxy) is 1. The number of hydrogen-bond acceptors (Lipinski definition) is 4. The van der Waals surface area contributed by atoms with E-state index in [9.17, 15) is 4.79 Å². The summed E-state index contributed by atoms with van der Waals surface area (Å²) in [4.78, 5) is 11.3. The van der Waals surface area contributed by atoms with Crippen molar-refractivity contribution in [1.82, 2.24) is 0 Å². The summed E-state index contributed by atoms with van der Waals surface area (Å²) in [5.41, 5.74) is 7.52. The molecule has 0 heterocycles. The van der Waals surface area contributed by atoms with Gasteiger partial charge in [-0.15, -0.1) is 0 Å². The molecule has 0 radical (unpaired) electrons. The highest BCUT2D eigenvalue weighted by Gasteiger charge is 2.18. The molecule has 1 saturated carbocycles. The zero-order valence-corrected chi connectivity index (χ0v) is 11.4. The predicted octanol–water partition coefficient (Wildman–Crippen LogP) is 2.40. The van der Waals surface area contributed by atoms with Crippen LogP contribution in [0, 0.1) is 5.92 Å². The molecule has 1 aliphatic rings. The summed E-state index contributed by atoms with van der Waals surface area (Å²) in [6.07, 6.45) is 4.67. The molecule has 1 aromatic rings. The van der Waals surface area contributed by atoms with Gasteiger partial charge in [0, 0.05) is 18.3 Å². The molecule has 0 aliphatic heterocycles. The number of carbonyl (C=O) groups is 1. The highest BCUT2D eigenvalue weighted by molar-refractivity contribution is 5.89. The Bertz CT molecular complexity index is 409. The average Bonchev–Trinajstić information content (AvgIpc) is 2.46. The highest BCUT2D eigenvalue weighted by atomic mass is 16.5. The van der Waals surface area contributed by atoms with Crippen LogP contribution < -0.4 is 11.1 Å². The Kier molecular flexibility index (Phi) is 4.80. The normalized spacial score (nSPS) is 22.8. The van der Waals surface area contributed by atoms with Crippen molar-refractivity contribution in [2.45, 2.75) is 31.7 Å². The van der Waals surface area contributed by atoms with Crippen molar-refractivity contribution in [3.05, 3.63) is 29.8 Å². The fraction of sp³-hybridized carbons (Fsp3) is 0.533. The van der Waals surface area contributed by atoms with Gasteiger partial charge in [-0.2, -0.15) is 0 Å². The smallest absolute Gasteiger partial charge is 0.337 e. The summed E-state index contributed by atoms with van der Waals surface area (Å²) in [6.45, 7) is 0.976. The van der Waals surface area contributed by atoms with Crippen LogP contribution in [-0.4, -0.2) is 25.7 Å². The first kappa shape index (κ1) is 13.9. The van der Waals surface area contributed by atoms with Gasteiger partial charge in [0.1, 0.15) is 0 Å². The molecule has 0 bridgehead atoms. The molecule has 4 heteroatoms. The first-order valence-electron chi connectivity index (χ1n) is 6.87. The number of nitrogens with one attached hydrogen (secondary N) is 1. The number of carbonyl (C=O) groups excluding carboxylic acids is 1. The number of hydrogen-bond donors (Lipinski definition) is 2. The van der Waals surface area contributed by atoms with Crippen LogP contribution in [0.15, 0.2) is 24.3 Å². The zero-order chi connectivity index (χ0) is 13.7. The van der Waals surface area contributed by atoms with Gasteiger partial charge in [-0.3, -0.25) is 0 Å². The first-order valence-corrected chi connectivity index (χ1v) is 6.87. The van der Waals surface area contributed by atoms with E-state index < -0.39 is 0 Å². The van der Waals surface area contributed by atoms with Crippen LogP contribution in [0.5, 0.6) is 0 Å². The number of methoxy groups -OCH3 is 1. The lowest BCUT2D eigenvalue weighted by Gasteiger charge is -2.26. The molecular weight excluding hydrogens is 240 g/mol. The van der Waals surface area contributed by atoms with Crippen molar-refractivity contribution in [3.63, 3.8) is 0 Å². The van der Waals surface area contributed by atoms with Crippen LogP contribution >= 0.6 is 0 Å². The predicted molar refractivity (Wildman–Crippen MR) is 76.2 cm³/mol. The van der Waals surface area contributed by atoms with Crippen LogP contribution in [-0.2, 0) is 4.74 Å². The van der Waals surface area contributed by atoms with Gasteiger partial charge in [-0.1, -0.05) is 0 Å². The Balaban J connectivity index is 1.81. The average molecular weight is 262 g/mol. The quantitative estimate of drug-likeness (QED) is 0.818. The monoisotopic (exact) mass is 262 g/mol. The Morgan fingerprint density at radius 3 is 2.47 bits per heavy atom. The third kappa shape index (κ3) is 3.96. The second-order valence-electron chi connectivity index (χ2n) is 5.23. The van der Waals surface area contributed by atoms with Crippen LogP contribution in [0.4, 0.5) is 5.69 Å². The Morgan fingerprint density at radius 1 is 1.26 bits per heavy atom. The summed E-state index contributed by atoms with van der Waals surface area (Å²) in [5.74, 6) is 0.410. The van der Waals surface area contributed by atoms with Gasteiger partial charge in [0.15, 0.2) is 0 Å². The van der Waals surface area contributed by atoms with E-state index in [-0.39, 0.29) is 5.97 Å². The summed E-state index contributed by atoms with van der Waals surface area (Å²) in [5, 5.41) is 3.42. The zero-order valence-electron chi connectivity index (χ0n) is 11.4. The van der Waals surface area contributed by atoms with Gasteiger partial charge < -0.3 is 15.8 Å². The molecule has 3 N–H and O–H groups in total. The minimum atomic E-state index is -0.298. The molecule has 1 aliphatic carbocycles. The minimum Gasteiger partial charge on any atom is -0.465 e. The second-order valence-corrected chi connectivity index (χ2v) is 5.23. The van der Waals surface area contributed by atoms with Crippen LogP contribution in [0.25, 0.3) is 0 Å². The van der Waals surface area contributed by atoms with Gasteiger partial charge in [-0.05, 0) is 55.9 Å². The Labute approximate surface area is 114 Å². The maximum Gasteiger partial charge on any atom is 0.337 e. The maximum atomic E-state index is 11.3. The maximum absolute atomic E-state index is 11.3. The SMILES string of the molecule is COC(=O)c1ccc(NCC2CCC(N)CC2)cc1. The van der Waals surface area contributed by atoms with Crippen molar-refractivity contribution >= 4 is 11.7 Å². The third-order valence-electron chi connectivity index (χ3n) is 3.79. The Hall–Kier alpha value is -1.55. The lowest BCUT2D eigenvalue weighted by Crippen LogP contribution is -2.29. The lowest BCUT2D eigenvalue weighted by molar-refractivity contribution is 0.0601. The van der Waals surface area contributed by atoms with E-state index in [0.29, 0.717) is 17.5 Å². The van der Waals surface area contributed by atoms with E-state index >= 15 is 0 Å². The van der Waals surface area contributed by atoms with Crippen LogP contribution in [0.3, 0.4) is 0 Å². The molecule has 0 saturated heterocycles. The van der Waals surface area contributed by atoms with E-state index in [2.05, 4.69) is 10.1 Å². The van der Waals surface area contributed by atoms with Crippen molar-refractivity contribution in [2.75, 3.05) is 19.0 Å². The van der Waals surface area contributed by atoms with E-state index in [0.717, 1.165) is 25.1 Å². The molecule has 0 atom stereocenters. The topological polar surface area (TPSA) is 64.3 Å². The summed E-state index contributed by atoms with van der Waals surface area (Å²) < 4.78 is 4.67. The van der Waals surface area contributed by atoms with Gasteiger partial charge >= 0.3 is 5.97 Å². The van der Waals surface area contributed by atoms with Crippen molar-refractivity contribution in [1.29, 1.82) is 0 Å². The molecule has 104 valence electrons. The van der Waals surface area contributed by atoms with Crippen molar-refractivity contribution in [3.8, 4) is 0 Å². The lowest BCUT2D eigenvalue weighted by atomic mass is 9.86. The fourth-order valence-corrected chi connectivity index (χ4v) is 2.50. The summed E-state index contributed by atoms with van der Waals surface area (Å²) >= 11 is 0. The number of nitrogens with two attached hydrogens (primary N) is 1.